The van der Waals surface area contributed by atoms with Gasteiger partial charge in [-0.15, -0.1) is 17.0 Å². The van der Waals surface area contributed by atoms with Gasteiger partial charge in [-0.05, 0) is 35.4 Å². The molecule has 28 heavy (non-hydrogen) atoms. The normalized spacial score (nSPS) is 10.2. The van der Waals surface area contributed by atoms with Crippen LogP contribution in [0.25, 0.3) is 0 Å². The highest BCUT2D eigenvalue weighted by Crippen LogP contribution is 2.37. The number of hydrogen-bond acceptors (Lipinski definition) is 7. The minimum atomic E-state index is -0.483. The van der Waals surface area contributed by atoms with E-state index in [9.17, 15) is 14.5 Å². The van der Waals surface area contributed by atoms with Crippen molar-refractivity contribution in [2.75, 3.05) is 0 Å². The second kappa shape index (κ2) is 11.3. The highest BCUT2D eigenvalue weighted by atomic mass is 79.9. The molecule has 12 heteroatoms. The number of nitro groups is 1. The molecule has 0 saturated carbocycles. The van der Waals surface area contributed by atoms with Gasteiger partial charge in [0.1, 0.15) is 5.82 Å². The Kier molecular flexibility index (Phi) is 9.79. The van der Waals surface area contributed by atoms with E-state index in [4.69, 9.17) is 22.3 Å². The SMILES string of the molecule is Br.N=C(N)SCc1cc(F)ccc1Sc1ccc([N+](=O)[O-])cc1CSC(=N)N. The van der Waals surface area contributed by atoms with Crippen LogP contribution >= 0.6 is 52.3 Å². The van der Waals surface area contributed by atoms with Crippen molar-refractivity contribution in [2.45, 2.75) is 21.3 Å². The molecule has 0 radical (unpaired) electrons. The zero-order valence-corrected chi connectivity index (χ0v) is 18.5. The fourth-order valence-corrected chi connectivity index (χ4v) is 4.40. The lowest BCUT2D eigenvalue weighted by Crippen LogP contribution is -2.05. The number of halogens is 2. The minimum Gasteiger partial charge on any atom is -0.379 e. The van der Waals surface area contributed by atoms with Crippen LogP contribution in [0.3, 0.4) is 0 Å². The molecule has 0 amide bonds. The summed E-state index contributed by atoms with van der Waals surface area (Å²) in [7, 11) is 0. The third-order valence-corrected chi connectivity index (χ3v) is 6.03. The monoisotopic (exact) mass is 505 g/mol. The first kappa shape index (κ1) is 24.3. The number of rotatable bonds is 7. The topological polar surface area (TPSA) is 143 Å². The zero-order valence-electron chi connectivity index (χ0n) is 14.3. The summed E-state index contributed by atoms with van der Waals surface area (Å²) in [5.41, 5.74) is 12.0. The first-order valence-electron chi connectivity index (χ1n) is 7.43. The maximum atomic E-state index is 13.6. The second-order valence-corrected chi connectivity index (χ2v) is 8.33. The predicted octanol–water partition coefficient (Wildman–Crippen LogP) is 4.72. The smallest absolute Gasteiger partial charge is 0.269 e. The molecule has 0 fully saturated rings. The Morgan fingerprint density at radius 2 is 1.50 bits per heavy atom. The largest absolute Gasteiger partial charge is 0.379 e. The van der Waals surface area contributed by atoms with E-state index in [0.29, 0.717) is 22.6 Å². The van der Waals surface area contributed by atoms with Crippen LogP contribution in [0.15, 0.2) is 46.2 Å². The van der Waals surface area contributed by atoms with Crippen molar-refractivity contribution < 1.29 is 9.31 Å². The molecule has 0 aromatic heterocycles. The number of nitrogens with two attached hydrogens (primary N) is 2. The average Bonchev–Trinajstić information content (AvgIpc) is 2.60. The molecule has 2 aromatic carbocycles. The van der Waals surface area contributed by atoms with Gasteiger partial charge in [0.2, 0.25) is 0 Å². The van der Waals surface area contributed by atoms with E-state index in [1.807, 2.05) is 0 Å². The Morgan fingerprint density at radius 1 is 1.00 bits per heavy atom. The lowest BCUT2D eigenvalue weighted by molar-refractivity contribution is -0.385. The number of nitro benzene ring substituents is 1. The molecule has 0 aliphatic rings. The molecule has 150 valence electrons. The van der Waals surface area contributed by atoms with Gasteiger partial charge in [-0.1, -0.05) is 35.3 Å². The molecule has 0 saturated heterocycles. The number of nitrogens with one attached hydrogen (secondary N) is 2. The number of hydrogen-bond donors (Lipinski definition) is 4. The quantitative estimate of drug-likeness (QED) is 0.184. The lowest BCUT2D eigenvalue weighted by atomic mass is 10.2. The maximum absolute atomic E-state index is 13.6. The summed E-state index contributed by atoms with van der Waals surface area (Å²) in [4.78, 5) is 12.1. The van der Waals surface area contributed by atoms with Crippen molar-refractivity contribution in [2.24, 2.45) is 11.5 Å². The summed E-state index contributed by atoms with van der Waals surface area (Å²) in [6, 6.07) is 8.82. The zero-order chi connectivity index (χ0) is 20.0. The van der Waals surface area contributed by atoms with Gasteiger partial charge in [0.05, 0.1) is 4.92 Å². The summed E-state index contributed by atoms with van der Waals surface area (Å²) in [6.07, 6.45) is 0. The number of non-ortho nitro benzene ring substituents is 1. The highest BCUT2D eigenvalue weighted by molar-refractivity contribution is 8.93. The van der Waals surface area contributed by atoms with E-state index in [-0.39, 0.29) is 33.0 Å². The summed E-state index contributed by atoms with van der Waals surface area (Å²) in [5.74, 6) is 0.243. The van der Waals surface area contributed by atoms with Gasteiger partial charge in [0.15, 0.2) is 10.3 Å². The van der Waals surface area contributed by atoms with Crippen LogP contribution < -0.4 is 11.5 Å². The van der Waals surface area contributed by atoms with E-state index < -0.39 is 10.7 Å². The molecule has 0 unspecified atom stereocenters. The van der Waals surface area contributed by atoms with Crippen molar-refractivity contribution in [3.8, 4) is 0 Å². The van der Waals surface area contributed by atoms with E-state index in [1.165, 1.54) is 36.0 Å². The molecule has 0 aliphatic carbocycles. The van der Waals surface area contributed by atoms with E-state index in [1.54, 1.807) is 12.1 Å². The van der Waals surface area contributed by atoms with Gasteiger partial charge in [-0.2, -0.15) is 0 Å². The molecule has 0 bridgehead atoms. The van der Waals surface area contributed by atoms with E-state index in [0.717, 1.165) is 33.3 Å². The fraction of sp³-hybridized carbons (Fsp3) is 0.125. The molecular formula is C16H17BrFN5O2S3. The van der Waals surface area contributed by atoms with Crippen LogP contribution in [-0.2, 0) is 11.5 Å². The highest BCUT2D eigenvalue weighted by Gasteiger charge is 2.15. The van der Waals surface area contributed by atoms with Crippen molar-refractivity contribution in [1.29, 1.82) is 10.8 Å². The molecule has 7 nitrogen and oxygen atoms in total. The van der Waals surface area contributed by atoms with Crippen LogP contribution in [0.5, 0.6) is 0 Å². The standard InChI is InChI=1S/C16H16FN5O2S3.BrH/c17-11-1-3-13(9(5-11)7-25-15(18)19)27-14-4-2-12(22(23)24)6-10(14)8-26-16(20)21;/h1-6H,7-8H2,(H3,18,19)(H3,20,21);1H. The van der Waals surface area contributed by atoms with Gasteiger partial charge in [0, 0.05) is 33.4 Å². The number of nitrogens with zero attached hydrogens (tertiary/aromatic N) is 1. The van der Waals surface area contributed by atoms with Gasteiger partial charge in [-0.3, -0.25) is 20.9 Å². The Bertz CT molecular complexity index is 901. The molecule has 6 N–H and O–H groups in total. The fourth-order valence-electron chi connectivity index (χ4n) is 2.08. The molecule has 0 atom stereocenters. The van der Waals surface area contributed by atoms with Gasteiger partial charge >= 0.3 is 0 Å². The minimum absolute atomic E-state index is 0. The first-order chi connectivity index (χ1) is 12.8. The third kappa shape index (κ3) is 7.34. The maximum Gasteiger partial charge on any atom is 0.269 e. The lowest BCUT2D eigenvalue weighted by Gasteiger charge is -2.12. The molecule has 2 rings (SSSR count). The Morgan fingerprint density at radius 3 is 2.00 bits per heavy atom. The van der Waals surface area contributed by atoms with Crippen molar-refractivity contribution in [3.05, 3.63) is 63.5 Å². The van der Waals surface area contributed by atoms with Crippen LogP contribution in [0, 0.1) is 26.8 Å². The summed E-state index contributed by atoms with van der Waals surface area (Å²) >= 11 is 3.49. The Balaban J connectivity index is 0.00000392. The average molecular weight is 506 g/mol. The number of thioether (sulfide) groups is 2. The van der Waals surface area contributed by atoms with Crippen molar-refractivity contribution in [1.82, 2.24) is 0 Å². The molecule has 0 heterocycles. The predicted molar refractivity (Wildman–Crippen MR) is 120 cm³/mol. The number of amidine groups is 2. The first-order valence-corrected chi connectivity index (χ1v) is 10.2. The summed E-state index contributed by atoms with van der Waals surface area (Å²) in [6.45, 7) is 0. The third-order valence-electron chi connectivity index (χ3n) is 3.26. The molecular weight excluding hydrogens is 489 g/mol. The van der Waals surface area contributed by atoms with Crippen molar-refractivity contribution >= 4 is 68.3 Å². The van der Waals surface area contributed by atoms with Crippen LogP contribution in [0.1, 0.15) is 11.1 Å². The molecule has 2 aromatic rings. The van der Waals surface area contributed by atoms with Crippen LogP contribution in [0.4, 0.5) is 10.1 Å². The van der Waals surface area contributed by atoms with Gasteiger partial charge in [0.25, 0.3) is 5.69 Å². The molecule has 0 aliphatic heterocycles. The Hall–Kier alpha value is -1.76. The molecule has 0 spiro atoms. The Labute approximate surface area is 184 Å². The van der Waals surface area contributed by atoms with E-state index >= 15 is 0 Å². The van der Waals surface area contributed by atoms with Gasteiger partial charge < -0.3 is 11.5 Å². The number of benzene rings is 2. The summed E-state index contributed by atoms with van der Waals surface area (Å²) < 4.78 is 13.6. The van der Waals surface area contributed by atoms with E-state index in [2.05, 4.69) is 0 Å². The van der Waals surface area contributed by atoms with Crippen molar-refractivity contribution in [3.63, 3.8) is 0 Å². The van der Waals surface area contributed by atoms with Crippen LogP contribution in [0.2, 0.25) is 0 Å². The second-order valence-electron chi connectivity index (χ2n) is 5.21. The van der Waals surface area contributed by atoms with Gasteiger partial charge in [-0.25, -0.2) is 4.39 Å². The van der Waals surface area contributed by atoms with Crippen LogP contribution in [-0.4, -0.2) is 15.3 Å². The summed E-state index contributed by atoms with van der Waals surface area (Å²) in [5, 5.41) is 25.6.